The quantitative estimate of drug-likeness (QED) is 0.556. The summed E-state index contributed by atoms with van der Waals surface area (Å²) in [5.41, 5.74) is 5.79. The van der Waals surface area contributed by atoms with Crippen molar-refractivity contribution in [3.8, 4) is 5.75 Å². The number of hydrogen-bond acceptors (Lipinski definition) is 4. The molecule has 26 heavy (non-hydrogen) atoms. The van der Waals surface area contributed by atoms with Gasteiger partial charge in [0.25, 0.3) is 11.8 Å². The highest BCUT2D eigenvalue weighted by molar-refractivity contribution is 7.80. The van der Waals surface area contributed by atoms with Gasteiger partial charge in [0, 0.05) is 5.56 Å². The molecule has 0 fully saturated rings. The number of ether oxygens (including phenoxy) is 1. The molecule has 0 heterocycles. The van der Waals surface area contributed by atoms with E-state index >= 15 is 0 Å². The van der Waals surface area contributed by atoms with Gasteiger partial charge in [0.05, 0.1) is 12.2 Å². The molecule has 0 aromatic heterocycles. The maximum atomic E-state index is 12.4. The molecule has 2 rings (SSSR count). The van der Waals surface area contributed by atoms with Crippen molar-refractivity contribution in [1.82, 2.24) is 16.2 Å². The minimum absolute atomic E-state index is 0.0158. The maximum Gasteiger partial charge on any atom is 0.269 e. The molecular weight excluding hydrogens is 350 g/mol. The van der Waals surface area contributed by atoms with Crippen LogP contribution >= 0.6 is 12.2 Å². The number of hydrazine groups is 1. The molecule has 7 heteroatoms. The lowest BCUT2D eigenvalue weighted by atomic mass is 10.2. The van der Waals surface area contributed by atoms with E-state index in [1.165, 1.54) is 0 Å². The van der Waals surface area contributed by atoms with Gasteiger partial charge in [-0.15, -0.1) is 0 Å². The number of carbonyl (C=O) groups is 2. The molecule has 0 bridgehead atoms. The average molecular weight is 371 g/mol. The van der Waals surface area contributed by atoms with Gasteiger partial charge in [-0.2, -0.15) is 0 Å². The van der Waals surface area contributed by atoms with Crippen LogP contribution in [0.1, 0.15) is 34.6 Å². The monoisotopic (exact) mass is 371 g/mol. The summed E-state index contributed by atoms with van der Waals surface area (Å²) in [6.07, 6.45) is 0. The van der Waals surface area contributed by atoms with E-state index < -0.39 is 5.91 Å². The number of benzene rings is 2. The highest BCUT2D eigenvalue weighted by Crippen LogP contribution is 2.18. The number of carbonyl (C=O) groups excluding carboxylic acids is 2. The summed E-state index contributed by atoms with van der Waals surface area (Å²) in [6.45, 7) is 4.55. The number of amides is 2. The Hall–Kier alpha value is -2.93. The lowest BCUT2D eigenvalue weighted by Gasteiger charge is -2.14. The zero-order valence-corrected chi connectivity index (χ0v) is 15.4. The maximum absolute atomic E-state index is 12.4. The van der Waals surface area contributed by atoms with Gasteiger partial charge in [-0.25, -0.2) is 0 Å². The summed E-state index contributed by atoms with van der Waals surface area (Å²) in [6, 6.07) is 15.6. The van der Waals surface area contributed by atoms with Gasteiger partial charge in [-0.05, 0) is 42.4 Å². The Morgan fingerprint density at radius 2 is 1.62 bits per heavy atom. The van der Waals surface area contributed by atoms with Crippen LogP contribution in [-0.4, -0.2) is 23.5 Å². The first-order chi connectivity index (χ1) is 12.5. The van der Waals surface area contributed by atoms with E-state index in [2.05, 4.69) is 16.2 Å². The van der Waals surface area contributed by atoms with Crippen LogP contribution < -0.4 is 20.9 Å². The minimum Gasteiger partial charge on any atom is -0.492 e. The van der Waals surface area contributed by atoms with Crippen LogP contribution in [-0.2, 0) is 0 Å². The van der Waals surface area contributed by atoms with Gasteiger partial charge in [-0.3, -0.25) is 25.8 Å². The summed E-state index contributed by atoms with van der Waals surface area (Å²) in [5, 5.41) is 2.50. The van der Waals surface area contributed by atoms with Crippen molar-refractivity contribution < 1.29 is 14.3 Å². The molecule has 136 valence electrons. The van der Waals surface area contributed by atoms with Crippen molar-refractivity contribution >= 4 is 29.1 Å². The van der Waals surface area contributed by atoms with Crippen LogP contribution in [0.4, 0.5) is 0 Å². The first-order valence-electron chi connectivity index (χ1n) is 8.16. The molecule has 0 saturated carbocycles. The van der Waals surface area contributed by atoms with Crippen LogP contribution in [0.15, 0.2) is 54.6 Å². The van der Waals surface area contributed by atoms with Crippen molar-refractivity contribution in [2.24, 2.45) is 5.92 Å². The van der Waals surface area contributed by atoms with Crippen molar-refractivity contribution in [3.05, 3.63) is 65.7 Å². The highest BCUT2D eigenvalue weighted by Gasteiger charge is 2.14. The Morgan fingerprint density at radius 3 is 2.31 bits per heavy atom. The molecule has 2 amide bonds. The topological polar surface area (TPSA) is 79.5 Å². The van der Waals surface area contributed by atoms with E-state index in [1.54, 1.807) is 48.5 Å². The molecule has 3 N–H and O–H groups in total. The van der Waals surface area contributed by atoms with Crippen molar-refractivity contribution in [1.29, 1.82) is 0 Å². The third kappa shape index (κ3) is 5.86. The van der Waals surface area contributed by atoms with Crippen molar-refractivity contribution in [3.63, 3.8) is 0 Å². The Kier molecular flexibility index (Phi) is 7.11. The second-order valence-corrected chi connectivity index (χ2v) is 6.34. The van der Waals surface area contributed by atoms with Gasteiger partial charge in [0.1, 0.15) is 5.75 Å². The first kappa shape index (κ1) is 19.4. The predicted molar refractivity (Wildman–Crippen MR) is 104 cm³/mol. The Labute approximate surface area is 157 Å². The van der Waals surface area contributed by atoms with E-state index in [-0.39, 0.29) is 11.0 Å². The first-order valence-corrected chi connectivity index (χ1v) is 8.56. The number of hydrogen-bond donors (Lipinski definition) is 3. The van der Waals surface area contributed by atoms with Gasteiger partial charge < -0.3 is 4.74 Å². The van der Waals surface area contributed by atoms with E-state index in [0.717, 1.165) is 0 Å². The standard InChI is InChI=1S/C19H21N3O3S/c1-13(2)12-25-16-11-7-6-10-15(16)18(24)20-19(26)22-21-17(23)14-8-4-3-5-9-14/h3-11,13H,12H2,1-2H3,(H,21,23)(H2,20,22,24,26). The van der Waals surface area contributed by atoms with E-state index in [4.69, 9.17) is 17.0 Å². The number of para-hydroxylation sites is 1. The number of rotatable bonds is 5. The molecule has 0 aliphatic rings. The SMILES string of the molecule is CC(C)COc1ccccc1C(=O)NC(=S)NNC(=O)c1ccccc1. The van der Waals surface area contributed by atoms with Gasteiger partial charge in [-0.1, -0.05) is 44.2 Å². The summed E-state index contributed by atoms with van der Waals surface area (Å²) >= 11 is 5.05. The Morgan fingerprint density at radius 1 is 0.962 bits per heavy atom. The van der Waals surface area contributed by atoms with E-state index in [0.29, 0.717) is 29.4 Å². The highest BCUT2D eigenvalue weighted by atomic mass is 32.1. The molecule has 6 nitrogen and oxygen atoms in total. The number of nitrogens with one attached hydrogen (secondary N) is 3. The zero-order chi connectivity index (χ0) is 18.9. The molecule has 0 unspecified atom stereocenters. The largest absolute Gasteiger partial charge is 0.492 e. The fourth-order valence-electron chi connectivity index (χ4n) is 2.01. The van der Waals surface area contributed by atoms with Crippen molar-refractivity contribution in [2.45, 2.75) is 13.8 Å². The smallest absolute Gasteiger partial charge is 0.269 e. The molecule has 0 aliphatic heterocycles. The van der Waals surface area contributed by atoms with Crippen molar-refractivity contribution in [2.75, 3.05) is 6.61 Å². The van der Waals surface area contributed by atoms with Crippen LogP contribution in [0, 0.1) is 5.92 Å². The normalized spacial score (nSPS) is 10.1. The molecule has 0 spiro atoms. The summed E-state index contributed by atoms with van der Waals surface area (Å²) in [4.78, 5) is 24.3. The lowest BCUT2D eigenvalue weighted by molar-refractivity contribution is 0.0933. The molecular formula is C19H21N3O3S. The molecule has 2 aromatic rings. The van der Waals surface area contributed by atoms with Gasteiger partial charge in [0.2, 0.25) is 0 Å². The zero-order valence-electron chi connectivity index (χ0n) is 14.6. The predicted octanol–water partition coefficient (Wildman–Crippen LogP) is 2.67. The van der Waals surface area contributed by atoms with E-state index in [9.17, 15) is 9.59 Å². The third-order valence-corrected chi connectivity index (χ3v) is 3.46. The average Bonchev–Trinajstić information content (AvgIpc) is 2.65. The summed E-state index contributed by atoms with van der Waals surface area (Å²) in [7, 11) is 0. The molecule has 0 radical (unpaired) electrons. The molecule has 2 aromatic carbocycles. The Balaban J connectivity index is 1.91. The third-order valence-electron chi connectivity index (χ3n) is 3.26. The van der Waals surface area contributed by atoms with Crippen LogP contribution in [0.3, 0.4) is 0 Å². The van der Waals surface area contributed by atoms with Gasteiger partial charge in [0.15, 0.2) is 5.11 Å². The second kappa shape index (κ2) is 9.53. The molecule has 0 aliphatic carbocycles. The van der Waals surface area contributed by atoms with Crippen LogP contribution in [0.5, 0.6) is 5.75 Å². The lowest BCUT2D eigenvalue weighted by Crippen LogP contribution is -2.48. The van der Waals surface area contributed by atoms with Gasteiger partial charge >= 0.3 is 0 Å². The second-order valence-electron chi connectivity index (χ2n) is 5.93. The van der Waals surface area contributed by atoms with Crippen LogP contribution in [0.25, 0.3) is 0 Å². The fraction of sp³-hybridized carbons (Fsp3) is 0.211. The summed E-state index contributed by atoms with van der Waals surface area (Å²) < 4.78 is 5.66. The molecule has 0 saturated heterocycles. The van der Waals surface area contributed by atoms with E-state index in [1.807, 2.05) is 19.9 Å². The number of thiocarbonyl (C=S) groups is 1. The van der Waals surface area contributed by atoms with Crippen LogP contribution in [0.2, 0.25) is 0 Å². The summed E-state index contributed by atoms with van der Waals surface area (Å²) in [5.74, 6) is 0.0376. The Bertz CT molecular complexity index is 779. The minimum atomic E-state index is -0.421. The fourth-order valence-corrected chi connectivity index (χ4v) is 2.16. The molecule has 0 atom stereocenters.